The summed E-state index contributed by atoms with van der Waals surface area (Å²) in [6.45, 7) is 0. The summed E-state index contributed by atoms with van der Waals surface area (Å²) in [6, 6.07) is 1.91. The minimum atomic E-state index is -0.718. The molecule has 1 saturated heterocycles. The van der Waals surface area contributed by atoms with Gasteiger partial charge in [-0.2, -0.15) is 0 Å². The van der Waals surface area contributed by atoms with Crippen molar-refractivity contribution >= 4 is 17.3 Å². The molecule has 10 heteroatoms. The van der Waals surface area contributed by atoms with Gasteiger partial charge in [0, 0.05) is 19.2 Å². The van der Waals surface area contributed by atoms with Gasteiger partial charge in [-0.25, -0.2) is 0 Å². The zero-order valence-corrected chi connectivity index (χ0v) is 14.6. The van der Waals surface area contributed by atoms with E-state index in [2.05, 4.69) is 5.32 Å². The summed E-state index contributed by atoms with van der Waals surface area (Å²) in [5.74, 6) is -0.494. The van der Waals surface area contributed by atoms with E-state index in [0.29, 0.717) is 5.56 Å². The second-order valence-corrected chi connectivity index (χ2v) is 6.72. The van der Waals surface area contributed by atoms with Crippen molar-refractivity contribution in [2.24, 2.45) is 0 Å². The van der Waals surface area contributed by atoms with Crippen molar-refractivity contribution in [3.63, 3.8) is 0 Å². The van der Waals surface area contributed by atoms with Gasteiger partial charge in [0.15, 0.2) is 0 Å². The number of nitro benzene ring substituents is 2. The van der Waals surface area contributed by atoms with Crippen LogP contribution in [0.1, 0.15) is 31.2 Å². The molecule has 10 nitrogen and oxygen atoms in total. The molecule has 0 radical (unpaired) electrons. The molecule has 1 heterocycles. The predicted molar refractivity (Wildman–Crippen MR) is 90.9 cm³/mol. The molecule has 0 bridgehead atoms. The largest absolute Gasteiger partial charge is 0.485 e. The van der Waals surface area contributed by atoms with Gasteiger partial charge in [0.25, 0.3) is 5.75 Å². The van der Waals surface area contributed by atoms with Crippen LogP contribution in [0.25, 0.3) is 0 Å². The van der Waals surface area contributed by atoms with E-state index < -0.39 is 27.3 Å². The molecule has 2 fully saturated rings. The maximum absolute atomic E-state index is 12.6. The second kappa shape index (κ2) is 6.52. The molecule has 1 aromatic rings. The fraction of sp³-hybridized carbons (Fsp3) is 0.562. The Morgan fingerprint density at radius 3 is 2.23 bits per heavy atom. The zero-order chi connectivity index (χ0) is 19.1. The normalized spacial score (nSPS) is 21.4. The Morgan fingerprint density at radius 2 is 1.77 bits per heavy atom. The Kier molecular flexibility index (Phi) is 4.53. The number of carbonyl (C=O) groups excluding carboxylic acids is 1. The molecular weight excluding hydrogens is 344 g/mol. The van der Waals surface area contributed by atoms with Crippen molar-refractivity contribution in [1.29, 1.82) is 0 Å². The molecule has 1 N–H and O–H groups in total. The Labute approximate surface area is 149 Å². The van der Waals surface area contributed by atoms with Gasteiger partial charge in [0.05, 0.1) is 28.7 Å². The summed E-state index contributed by atoms with van der Waals surface area (Å²) in [7, 11) is 2.90. The van der Waals surface area contributed by atoms with E-state index in [1.165, 1.54) is 12.1 Å². The van der Waals surface area contributed by atoms with Crippen molar-refractivity contribution in [2.45, 2.75) is 43.8 Å². The van der Waals surface area contributed by atoms with Crippen LogP contribution < -0.4 is 10.1 Å². The quantitative estimate of drug-likeness (QED) is 0.622. The average molecular weight is 364 g/mol. The van der Waals surface area contributed by atoms with Crippen LogP contribution in [0.3, 0.4) is 0 Å². The number of hydrogen-bond donors (Lipinski definition) is 1. The van der Waals surface area contributed by atoms with Crippen LogP contribution in [-0.4, -0.2) is 46.5 Å². The first-order chi connectivity index (χ1) is 12.3. The van der Waals surface area contributed by atoms with Crippen molar-refractivity contribution in [2.75, 3.05) is 14.2 Å². The van der Waals surface area contributed by atoms with Gasteiger partial charge in [-0.15, -0.1) is 0 Å². The molecule has 1 aromatic carbocycles. The Hall–Kier alpha value is -2.75. The van der Waals surface area contributed by atoms with Crippen LogP contribution in [0.15, 0.2) is 12.1 Å². The first kappa shape index (κ1) is 18.1. The van der Waals surface area contributed by atoms with Gasteiger partial charge in [0.1, 0.15) is 0 Å². The van der Waals surface area contributed by atoms with E-state index in [-0.39, 0.29) is 23.7 Å². The summed E-state index contributed by atoms with van der Waals surface area (Å²) in [5.41, 5.74) is -0.984. The molecule has 1 spiro atoms. The smallest absolute Gasteiger partial charge is 0.318 e. The number of nitrogens with zero attached hydrogens (tertiary/aromatic N) is 3. The average Bonchev–Trinajstić information content (AvgIpc) is 3.16. The minimum absolute atomic E-state index is 0.104. The maximum Gasteiger partial charge on any atom is 0.318 e. The van der Waals surface area contributed by atoms with Gasteiger partial charge in [-0.3, -0.25) is 30.3 Å². The second-order valence-electron chi connectivity index (χ2n) is 6.72. The fourth-order valence-electron chi connectivity index (χ4n) is 3.99. The van der Waals surface area contributed by atoms with Crippen LogP contribution in [0.5, 0.6) is 5.75 Å². The standard InChI is InChI=1S/C16H20N4O6/c1-18-15(21)11(17-16(18)5-3-4-6-16)7-10-8-12(19(22)23)14(26-2)13(9-10)20(24)25/h8-9,11,17H,3-7H2,1-2H3/t11-/m0/s1. The first-order valence-corrected chi connectivity index (χ1v) is 8.34. The SMILES string of the molecule is COc1c([N+](=O)[O-])cc(C[C@@H]2NC3(CCCC3)N(C)C2=O)cc1[N+](=O)[O-]. The lowest BCUT2D eigenvalue weighted by Crippen LogP contribution is -2.48. The van der Waals surface area contributed by atoms with E-state index in [0.717, 1.165) is 32.8 Å². The van der Waals surface area contributed by atoms with Gasteiger partial charge < -0.3 is 9.64 Å². The molecule has 1 aliphatic carbocycles. The monoisotopic (exact) mass is 364 g/mol. The van der Waals surface area contributed by atoms with E-state index in [4.69, 9.17) is 4.74 Å². The lowest BCUT2D eigenvalue weighted by atomic mass is 10.0. The molecule has 3 rings (SSSR count). The van der Waals surface area contributed by atoms with Crippen molar-refractivity contribution in [1.82, 2.24) is 10.2 Å². The number of carbonyl (C=O) groups is 1. The van der Waals surface area contributed by atoms with Crippen LogP contribution in [0, 0.1) is 20.2 Å². The Balaban J connectivity index is 1.94. The summed E-state index contributed by atoms with van der Waals surface area (Å²) in [6.07, 6.45) is 3.90. The van der Waals surface area contributed by atoms with Gasteiger partial charge in [-0.05, 0) is 37.7 Å². The van der Waals surface area contributed by atoms with Crippen LogP contribution in [-0.2, 0) is 11.2 Å². The van der Waals surface area contributed by atoms with Crippen LogP contribution in [0.4, 0.5) is 11.4 Å². The summed E-state index contributed by atoms with van der Waals surface area (Å²) >= 11 is 0. The number of ether oxygens (including phenoxy) is 1. The lowest BCUT2D eigenvalue weighted by Gasteiger charge is -2.31. The molecule has 1 aliphatic heterocycles. The fourth-order valence-corrected chi connectivity index (χ4v) is 3.99. The minimum Gasteiger partial charge on any atom is -0.485 e. The number of hydrogen-bond acceptors (Lipinski definition) is 7. The molecule has 1 atom stereocenters. The highest BCUT2D eigenvalue weighted by Crippen LogP contribution is 2.40. The molecule has 0 aromatic heterocycles. The third-order valence-electron chi connectivity index (χ3n) is 5.29. The summed E-state index contributed by atoms with van der Waals surface area (Å²) in [4.78, 5) is 35.4. The number of nitro groups is 2. The number of nitrogens with one attached hydrogen (secondary N) is 1. The van der Waals surface area contributed by atoms with Crippen LogP contribution >= 0.6 is 0 Å². The number of likely N-dealkylation sites (N-methyl/N-ethyl adjacent to an activating group) is 1. The Bertz CT molecular complexity index is 739. The lowest BCUT2D eigenvalue weighted by molar-refractivity contribution is -0.395. The van der Waals surface area contributed by atoms with E-state index >= 15 is 0 Å². The molecule has 2 aliphatic rings. The zero-order valence-electron chi connectivity index (χ0n) is 14.6. The van der Waals surface area contributed by atoms with Crippen molar-refractivity contribution < 1.29 is 19.4 Å². The van der Waals surface area contributed by atoms with E-state index in [9.17, 15) is 25.0 Å². The third kappa shape index (κ3) is 2.85. The molecule has 1 amide bonds. The molecule has 26 heavy (non-hydrogen) atoms. The molecular formula is C16H20N4O6. The van der Waals surface area contributed by atoms with Gasteiger partial charge >= 0.3 is 11.4 Å². The highest BCUT2D eigenvalue weighted by Gasteiger charge is 2.49. The number of amides is 1. The first-order valence-electron chi connectivity index (χ1n) is 8.34. The maximum atomic E-state index is 12.6. The number of benzene rings is 1. The van der Waals surface area contributed by atoms with Crippen molar-refractivity contribution in [3.05, 3.63) is 37.9 Å². The third-order valence-corrected chi connectivity index (χ3v) is 5.29. The van der Waals surface area contributed by atoms with Gasteiger partial charge in [-0.1, -0.05) is 0 Å². The molecule has 1 saturated carbocycles. The molecule has 0 unspecified atom stereocenters. The predicted octanol–water partition coefficient (Wildman–Crippen LogP) is 1.75. The summed E-state index contributed by atoms with van der Waals surface area (Å²) in [5, 5.41) is 25.9. The number of rotatable bonds is 5. The van der Waals surface area contributed by atoms with Crippen molar-refractivity contribution in [3.8, 4) is 5.75 Å². The van der Waals surface area contributed by atoms with Crippen LogP contribution in [0.2, 0.25) is 0 Å². The summed E-state index contributed by atoms with van der Waals surface area (Å²) < 4.78 is 4.86. The topological polar surface area (TPSA) is 128 Å². The highest BCUT2D eigenvalue weighted by molar-refractivity contribution is 5.85. The van der Waals surface area contributed by atoms with Gasteiger partial charge in [0.2, 0.25) is 5.91 Å². The van der Waals surface area contributed by atoms with E-state index in [1.807, 2.05) is 0 Å². The molecule has 140 valence electrons. The Morgan fingerprint density at radius 1 is 1.23 bits per heavy atom. The highest BCUT2D eigenvalue weighted by atomic mass is 16.6. The van der Waals surface area contributed by atoms with E-state index in [1.54, 1.807) is 11.9 Å². The number of methoxy groups -OCH3 is 1.